The van der Waals surface area contributed by atoms with Crippen LogP contribution in [0, 0.1) is 11.6 Å². The summed E-state index contributed by atoms with van der Waals surface area (Å²) >= 11 is 5.88. The van der Waals surface area contributed by atoms with Crippen molar-refractivity contribution in [1.82, 2.24) is 65.5 Å². The Balaban J connectivity index is 0.000000172. The first kappa shape index (κ1) is 83.7. The number of piperazine rings is 2. The molecular weight excluding hydrogens is 1460 g/mol. The number of aromatic nitrogens is 6. The molecular formula is C89H111ClF2N16O6. The molecule has 4 aromatic heterocycles. The van der Waals surface area contributed by atoms with Crippen molar-refractivity contribution in [3.05, 3.63) is 225 Å². The van der Waals surface area contributed by atoms with Crippen molar-refractivity contribution in [3.63, 3.8) is 0 Å². The second-order valence-corrected chi connectivity index (χ2v) is 30.8. The molecule has 0 radical (unpaired) electrons. The third-order valence-electron chi connectivity index (χ3n) is 21.2. The minimum absolute atomic E-state index is 0.172. The molecule has 10 aromatic rings. The number of hydrogen-bond donors (Lipinski definition) is 7. The third-order valence-corrected chi connectivity index (χ3v) is 21.5. The largest absolute Gasteiger partial charge is 0.444 e. The number of fused-ring (bicyclic) bond motifs is 2. The summed E-state index contributed by atoms with van der Waals surface area (Å²) in [6, 6.07) is 41.6. The summed E-state index contributed by atoms with van der Waals surface area (Å²) in [6.45, 7) is 29.3. The maximum atomic E-state index is 15.1. The van der Waals surface area contributed by atoms with Crippen LogP contribution in [0.25, 0.3) is 44.3 Å². The van der Waals surface area contributed by atoms with E-state index in [-0.39, 0.29) is 36.1 Å². The van der Waals surface area contributed by atoms with E-state index in [1.54, 1.807) is 41.3 Å². The maximum Gasteiger partial charge on any atom is 0.410 e. The molecule has 0 bridgehead atoms. The van der Waals surface area contributed by atoms with Crippen LogP contribution in [0.4, 0.5) is 25.0 Å². The number of halogens is 3. The summed E-state index contributed by atoms with van der Waals surface area (Å²) in [5, 5.41) is 31.7. The number of anilines is 2. The molecule has 0 unspecified atom stereocenters. The molecule has 25 heteroatoms. The fraction of sp³-hybridized carbons (Fsp3) is 0.427. The number of amides is 3. The average molecular weight is 1570 g/mol. The lowest BCUT2D eigenvalue weighted by Crippen LogP contribution is -2.49. The molecule has 114 heavy (non-hydrogen) atoms. The first-order valence-electron chi connectivity index (χ1n) is 40.4. The number of carbonyl (C=O) groups excluding carboxylic acids is 3. The van der Waals surface area contributed by atoms with E-state index in [9.17, 15) is 18.8 Å². The lowest BCUT2D eigenvalue weighted by atomic mass is 10.00. The van der Waals surface area contributed by atoms with Gasteiger partial charge in [0.15, 0.2) is 11.3 Å². The van der Waals surface area contributed by atoms with Crippen LogP contribution in [0.5, 0.6) is 0 Å². The molecule has 4 saturated heterocycles. The molecule has 8 N–H and O–H groups in total. The lowest BCUT2D eigenvalue weighted by molar-refractivity contribution is 0.0138. The summed E-state index contributed by atoms with van der Waals surface area (Å²) in [6.07, 6.45) is 9.21. The van der Waals surface area contributed by atoms with Gasteiger partial charge in [0, 0.05) is 200 Å². The minimum atomic E-state index is -0.511. The predicted octanol–water partition coefficient (Wildman–Crippen LogP) is 14.3. The van der Waals surface area contributed by atoms with Crippen molar-refractivity contribution < 1.29 is 37.4 Å². The number of nitrogens with one attached hydrogen (secondary N) is 6. The number of pyridine rings is 2. The van der Waals surface area contributed by atoms with Crippen molar-refractivity contribution in [3.8, 4) is 22.3 Å². The molecule has 8 heterocycles. The van der Waals surface area contributed by atoms with Crippen LogP contribution in [0.15, 0.2) is 146 Å². The van der Waals surface area contributed by atoms with Gasteiger partial charge in [0.05, 0.1) is 34.5 Å². The van der Waals surface area contributed by atoms with Gasteiger partial charge >= 0.3 is 6.09 Å². The number of ether oxygens (including phenoxy) is 3. The second kappa shape index (κ2) is 40.5. The Kier molecular flexibility index (Phi) is 29.7. The summed E-state index contributed by atoms with van der Waals surface area (Å²) in [4.78, 5) is 54.6. The van der Waals surface area contributed by atoms with Crippen LogP contribution in [0.2, 0.25) is 0 Å². The summed E-state index contributed by atoms with van der Waals surface area (Å²) in [5.41, 5.74) is 23.5. The molecule has 3 amide bonds. The highest BCUT2D eigenvalue weighted by Gasteiger charge is 2.28. The fourth-order valence-electron chi connectivity index (χ4n) is 15.0. The summed E-state index contributed by atoms with van der Waals surface area (Å²) in [5.74, 6) is -0.632. The quantitative estimate of drug-likeness (QED) is 0.0249. The fourth-order valence-corrected chi connectivity index (χ4v) is 15.2. The number of alkyl halides is 1. The van der Waals surface area contributed by atoms with E-state index in [1.807, 2.05) is 115 Å². The van der Waals surface area contributed by atoms with Gasteiger partial charge in [-0.2, -0.15) is 10.2 Å². The first-order valence-corrected chi connectivity index (χ1v) is 40.9. The maximum absolute atomic E-state index is 15.1. The Bertz CT molecular complexity index is 4890. The number of nitrogens with zero attached hydrogens (tertiary/aromatic N) is 9. The monoisotopic (exact) mass is 1570 g/mol. The number of benzene rings is 6. The SMILES string of the molecule is CC(C)(C)OC(=O)N1CCN(Cc2cccc(-c3cc(CNC(=O)c4cccc(CCl)c4)ccc3F)c2)CC1.CCc1nc2c(cnn2CC)c(NC2CCOCC2)c1CN.CCc1nc2c(cnn2CC)c(NC2CCOCC2)c1CNCc1cccc(C(=O)NCc2ccc(F)c(-c3cccc(CN4CCNCC4)c3)c2)c1. The Morgan fingerprint density at radius 3 is 1.49 bits per heavy atom. The van der Waals surface area contributed by atoms with Gasteiger partial charge < -0.3 is 56.7 Å². The van der Waals surface area contributed by atoms with E-state index in [0.29, 0.717) is 86.0 Å². The van der Waals surface area contributed by atoms with Crippen LogP contribution in [0.3, 0.4) is 0 Å². The smallest absolute Gasteiger partial charge is 0.410 e. The van der Waals surface area contributed by atoms with Crippen LogP contribution in [0.1, 0.15) is 151 Å². The Morgan fingerprint density at radius 1 is 0.553 bits per heavy atom. The summed E-state index contributed by atoms with van der Waals surface area (Å²) < 4.78 is 50.4. The van der Waals surface area contributed by atoms with Gasteiger partial charge in [-0.1, -0.05) is 86.6 Å². The van der Waals surface area contributed by atoms with Crippen molar-refractivity contribution in [2.45, 2.75) is 169 Å². The van der Waals surface area contributed by atoms with E-state index in [2.05, 4.69) is 91.7 Å². The van der Waals surface area contributed by atoms with Gasteiger partial charge in [0.2, 0.25) is 0 Å². The zero-order valence-electron chi connectivity index (χ0n) is 67.0. The average Bonchev–Trinajstić information content (AvgIpc) is 1.60. The molecule has 0 aliphatic carbocycles. The number of hydrogen-bond acceptors (Lipinski definition) is 17. The Labute approximate surface area is 673 Å². The molecule has 14 rings (SSSR count). The van der Waals surface area contributed by atoms with Gasteiger partial charge in [0.1, 0.15) is 17.2 Å². The highest BCUT2D eigenvalue weighted by atomic mass is 35.5. The van der Waals surface area contributed by atoms with E-state index < -0.39 is 5.60 Å². The van der Waals surface area contributed by atoms with Crippen LogP contribution in [-0.4, -0.2) is 159 Å². The van der Waals surface area contributed by atoms with Crippen molar-refractivity contribution in [2.24, 2.45) is 5.73 Å². The zero-order valence-corrected chi connectivity index (χ0v) is 67.8. The van der Waals surface area contributed by atoms with Gasteiger partial charge in [-0.15, -0.1) is 11.6 Å². The highest BCUT2D eigenvalue weighted by molar-refractivity contribution is 6.17. The highest BCUT2D eigenvalue weighted by Crippen LogP contribution is 2.35. The van der Waals surface area contributed by atoms with Gasteiger partial charge in [-0.25, -0.2) is 32.9 Å². The molecule has 0 saturated carbocycles. The molecule has 0 atom stereocenters. The van der Waals surface area contributed by atoms with E-state index in [4.69, 9.17) is 41.5 Å². The van der Waals surface area contributed by atoms with Gasteiger partial charge in [-0.3, -0.25) is 19.4 Å². The Morgan fingerprint density at radius 2 is 1.01 bits per heavy atom. The molecule has 4 aliphatic rings. The van der Waals surface area contributed by atoms with Crippen LogP contribution >= 0.6 is 11.6 Å². The van der Waals surface area contributed by atoms with E-state index >= 15 is 4.39 Å². The van der Waals surface area contributed by atoms with E-state index in [1.165, 1.54) is 12.1 Å². The van der Waals surface area contributed by atoms with Crippen molar-refractivity contribution in [1.29, 1.82) is 0 Å². The van der Waals surface area contributed by atoms with Crippen molar-refractivity contribution in [2.75, 3.05) is 89.4 Å². The third kappa shape index (κ3) is 22.2. The van der Waals surface area contributed by atoms with E-state index in [0.717, 1.165) is 224 Å². The van der Waals surface area contributed by atoms with Crippen molar-refractivity contribution >= 4 is 63.0 Å². The number of carbonyl (C=O) groups is 3. The predicted molar refractivity (Wildman–Crippen MR) is 448 cm³/mol. The topological polar surface area (TPSA) is 248 Å². The number of aryl methyl sites for hydroxylation is 4. The summed E-state index contributed by atoms with van der Waals surface area (Å²) in [7, 11) is 0. The second-order valence-electron chi connectivity index (χ2n) is 30.5. The molecule has 4 aliphatic heterocycles. The zero-order chi connectivity index (χ0) is 80.1. The van der Waals surface area contributed by atoms with Crippen LogP contribution < -0.4 is 37.6 Å². The molecule has 604 valence electrons. The van der Waals surface area contributed by atoms with Gasteiger partial charge in [-0.05, 0) is 178 Å². The lowest BCUT2D eigenvalue weighted by Gasteiger charge is -2.35. The number of nitrogens with two attached hydrogens (primary N) is 1. The normalized spacial score (nSPS) is 15.2. The number of rotatable bonds is 26. The molecule has 22 nitrogen and oxygen atoms in total. The Hall–Kier alpha value is -9.76. The molecule has 6 aromatic carbocycles. The van der Waals surface area contributed by atoms with Gasteiger partial charge in [0.25, 0.3) is 11.8 Å². The standard InChI is InChI=1S/C42H51FN8O2.C31H35ClFN3O3.C16H25N5O/c1-3-39-36(40(48-34-13-19-53-20-14-34)37-27-47-51(4-2)41(37)49-39)26-45-24-29-7-5-10-33(21-29)42(52)46-25-30-11-12-38(43)35(23-30)32-9-6-8-31(22-32)28-50-17-15-44-16-18-50;1-31(2,3)39-30(38)36-14-12-35(13-15-36)21-24-7-5-8-25(17-24)27-18-23(10-11-28(27)33)20-34-29(37)26-9-4-6-22(16-26)19-32;1-3-14-12(9-17)15(19-11-5-7-22-8-6-11)13-10-18-21(4-2)16(13)20-14/h5-12,21-23,27,34,44-45H,3-4,13-20,24-26,28H2,1-2H3,(H,46,52)(H,48,49);4-11,16-18H,12-15,19-21H2,1-3H3,(H,34,37);10-11H,3-9,17H2,1-2H3,(H,19,20). The molecule has 4 fully saturated rings. The first-order chi connectivity index (χ1) is 55.4. The minimum Gasteiger partial charge on any atom is -0.444 e. The van der Waals surface area contributed by atoms with Crippen LogP contribution in [-0.2, 0) is 91.8 Å². The molecule has 0 spiro atoms.